The van der Waals surface area contributed by atoms with Crippen LogP contribution >= 0.6 is 11.3 Å². The minimum Gasteiger partial charge on any atom is -0.368 e. The van der Waals surface area contributed by atoms with Crippen molar-refractivity contribution in [3.05, 3.63) is 21.9 Å². The van der Waals surface area contributed by atoms with Crippen LogP contribution in [0.15, 0.2) is 11.4 Å². The third-order valence-electron chi connectivity index (χ3n) is 3.01. The van der Waals surface area contributed by atoms with Crippen LogP contribution in [0.25, 0.3) is 0 Å². The molecule has 2 rings (SSSR count). The standard InChI is InChI=1S/C10H14N2OS/c1-12-10(9(11)13)5-2-3-8-7(10)4-6-14-8/h4,6,12H,2-3,5H2,1H3,(H2,11,13). The first-order chi connectivity index (χ1) is 6.70. The first kappa shape index (κ1) is 9.68. The second-order valence-corrected chi connectivity index (χ2v) is 4.63. The number of carbonyl (C=O) groups is 1. The molecule has 4 heteroatoms. The van der Waals surface area contributed by atoms with Crippen molar-refractivity contribution in [2.75, 3.05) is 7.05 Å². The van der Waals surface area contributed by atoms with Gasteiger partial charge in [0.25, 0.3) is 0 Å². The lowest BCUT2D eigenvalue weighted by Crippen LogP contribution is -2.52. The van der Waals surface area contributed by atoms with Gasteiger partial charge in [0.05, 0.1) is 0 Å². The minimum atomic E-state index is -0.617. The van der Waals surface area contributed by atoms with Crippen molar-refractivity contribution in [1.82, 2.24) is 5.32 Å². The highest BCUT2D eigenvalue weighted by Gasteiger charge is 2.41. The molecular weight excluding hydrogens is 196 g/mol. The molecule has 1 heterocycles. The third kappa shape index (κ3) is 1.18. The lowest BCUT2D eigenvalue weighted by Gasteiger charge is -2.34. The van der Waals surface area contributed by atoms with Crippen LogP contribution in [0, 0.1) is 0 Å². The molecule has 76 valence electrons. The van der Waals surface area contributed by atoms with E-state index >= 15 is 0 Å². The maximum absolute atomic E-state index is 11.5. The van der Waals surface area contributed by atoms with E-state index < -0.39 is 5.54 Å². The summed E-state index contributed by atoms with van der Waals surface area (Å²) in [4.78, 5) is 12.8. The summed E-state index contributed by atoms with van der Waals surface area (Å²) in [5.41, 5.74) is 5.96. The molecular formula is C10H14N2OS. The molecule has 3 N–H and O–H groups in total. The molecule has 3 nitrogen and oxygen atoms in total. The molecule has 0 fully saturated rings. The van der Waals surface area contributed by atoms with E-state index in [2.05, 4.69) is 5.32 Å². The van der Waals surface area contributed by atoms with E-state index in [0.29, 0.717) is 0 Å². The van der Waals surface area contributed by atoms with E-state index in [1.807, 2.05) is 11.4 Å². The molecule has 1 aliphatic carbocycles. The summed E-state index contributed by atoms with van der Waals surface area (Å²) in [6.07, 6.45) is 2.91. The Labute approximate surface area is 87.3 Å². The van der Waals surface area contributed by atoms with Gasteiger partial charge in [-0.25, -0.2) is 0 Å². The quantitative estimate of drug-likeness (QED) is 0.764. The van der Waals surface area contributed by atoms with Crippen LogP contribution in [-0.2, 0) is 16.8 Å². The molecule has 0 bridgehead atoms. The molecule has 1 aromatic rings. The van der Waals surface area contributed by atoms with Crippen molar-refractivity contribution in [3.8, 4) is 0 Å². The zero-order chi connectivity index (χ0) is 10.2. The number of nitrogens with two attached hydrogens (primary N) is 1. The summed E-state index contributed by atoms with van der Waals surface area (Å²) >= 11 is 1.71. The third-order valence-corrected chi connectivity index (χ3v) is 3.99. The first-order valence-electron chi connectivity index (χ1n) is 4.76. The Bertz CT molecular complexity index is 361. The first-order valence-corrected chi connectivity index (χ1v) is 5.64. The van der Waals surface area contributed by atoms with Crippen molar-refractivity contribution in [2.45, 2.75) is 24.8 Å². The van der Waals surface area contributed by atoms with Gasteiger partial charge in [-0.1, -0.05) is 0 Å². The van der Waals surface area contributed by atoms with Gasteiger partial charge in [0.1, 0.15) is 5.54 Å². The smallest absolute Gasteiger partial charge is 0.242 e. The predicted molar refractivity (Wildman–Crippen MR) is 57.2 cm³/mol. The van der Waals surface area contributed by atoms with Crippen LogP contribution in [-0.4, -0.2) is 13.0 Å². The fourth-order valence-electron chi connectivity index (χ4n) is 2.20. The maximum atomic E-state index is 11.5. The van der Waals surface area contributed by atoms with E-state index in [1.54, 1.807) is 18.4 Å². The number of fused-ring (bicyclic) bond motifs is 1. The van der Waals surface area contributed by atoms with E-state index in [0.717, 1.165) is 24.8 Å². The van der Waals surface area contributed by atoms with E-state index in [1.165, 1.54) is 4.88 Å². The molecule has 0 aliphatic heterocycles. The molecule has 0 saturated carbocycles. The van der Waals surface area contributed by atoms with Crippen molar-refractivity contribution in [1.29, 1.82) is 0 Å². The molecule has 14 heavy (non-hydrogen) atoms. The van der Waals surface area contributed by atoms with E-state index in [-0.39, 0.29) is 5.91 Å². The fraction of sp³-hybridized carbons (Fsp3) is 0.500. The Kier molecular flexibility index (Phi) is 2.33. The Balaban J connectivity index is 2.52. The van der Waals surface area contributed by atoms with Crippen molar-refractivity contribution in [2.24, 2.45) is 5.73 Å². The zero-order valence-corrected chi connectivity index (χ0v) is 8.99. The van der Waals surface area contributed by atoms with Crippen molar-refractivity contribution in [3.63, 3.8) is 0 Å². The monoisotopic (exact) mass is 210 g/mol. The van der Waals surface area contributed by atoms with Crippen molar-refractivity contribution >= 4 is 17.2 Å². The number of carbonyl (C=O) groups excluding carboxylic acids is 1. The number of nitrogens with one attached hydrogen (secondary N) is 1. The molecule has 0 aromatic carbocycles. The maximum Gasteiger partial charge on any atom is 0.242 e. The highest BCUT2D eigenvalue weighted by atomic mass is 32.1. The number of thiophene rings is 1. The summed E-state index contributed by atoms with van der Waals surface area (Å²) in [6.45, 7) is 0. The van der Waals surface area contributed by atoms with Gasteiger partial charge in [0, 0.05) is 4.88 Å². The number of primary amides is 1. The summed E-state index contributed by atoms with van der Waals surface area (Å²) < 4.78 is 0. The number of hydrogen-bond acceptors (Lipinski definition) is 3. The predicted octanol–water partition coefficient (Wildman–Crippen LogP) is 0.984. The lowest BCUT2D eigenvalue weighted by molar-refractivity contribution is -0.125. The van der Waals surface area contributed by atoms with Crippen LogP contribution in [0.2, 0.25) is 0 Å². The molecule has 1 atom stereocenters. The highest BCUT2D eigenvalue weighted by Crippen LogP contribution is 2.37. The fourth-order valence-corrected chi connectivity index (χ4v) is 3.20. The molecule has 1 aromatic heterocycles. The largest absolute Gasteiger partial charge is 0.368 e. The Morgan fingerprint density at radius 3 is 3.14 bits per heavy atom. The Morgan fingerprint density at radius 1 is 1.71 bits per heavy atom. The van der Waals surface area contributed by atoms with Gasteiger partial charge in [-0.15, -0.1) is 11.3 Å². The van der Waals surface area contributed by atoms with Gasteiger partial charge in [0.15, 0.2) is 0 Å². The molecule has 0 radical (unpaired) electrons. The van der Waals surface area contributed by atoms with Gasteiger partial charge in [-0.2, -0.15) is 0 Å². The molecule has 1 aliphatic rings. The Hall–Kier alpha value is -0.870. The van der Waals surface area contributed by atoms with Gasteiger partial charge in [0.2, 0.25) is 5.91 Å². The van der Waals surface area contributed by atoms with Gasteiger partial charge >= 0.3 is 0 Å². The van der Waals surface area contributed by atoms with Gasteiger partial charge < -0.3 is 11.1 Å². The SMILES string of the molecule is CNC1(C(N)=O)CCCc2sccc21. The van der Waals surface area contributed by atoms with Crippen LogP contribution in [0.4, 0.5) is 0 Å². The average molecular weight is 210 g/mol. The lowest BCUT2D eigenvalue weighted by atomic mass is 9.80. The van der Waals surface area contributed by atoms with Gasteiger partial charge in [-0.3, -0.25) is 4.79 Å². The second-order valence-electron chi connectivity index (χ2n) is 3.63. The number of hydrogen-bond donors (Lipinski definition) is 2. The Morgan fingerprint density at radius 2 is 2.50 bits per heavy atom. The highest BCUT2D eigenvalue weighted by molar-refractivity contribution is 7.10. The second kappa shape index (κ2) is 3.37. The van der Waals surface area contributed by atoms with Crippen LogP contribution < -0.4 is 11.1 Å². The zero-order valence-electron chi connectivity index (χ0n) is 8.17. The van der Waals surface area contributed by atoms with Crippen LogP contribution in [0.5, 0.6) is 0 Å². The van der Waals surface area contributed by atoms with Crippen LogP contribution in [0.3, 0.4) is 0 Å². The number of rotatable bonds is 2. The number of aryl methyl sites for hydroxylation is 1. The van der Waals surface area contributed by atoms with E-state index in [9.17, 15) is 4.79 Å². The molecule has 1 amide bonds. The normalized spacial score (nSPS) is 25.8. The summed E-state index contributed by atoms with van der Waals surface area (Å²) in [7, 11) is 1.80. The summed E-state index contributed by atoms with van der Waals surface area (Å²) in [5, 5.41) is 5.12. The van der Waals surface area contributed by atoms with Crippen LogP contribution in [0.1, 0.15) is 23.3 Å². The summed E-state index contributed by atoms with van der Waals surface area (Å²) in [6, 6.07) is 2.01. The van der Waals surface area contributed by atoms with Gasteiger partial charge in [-0.05, 0) is 43.3 Å². The summed E-state index contributed by atoms with van der Waals surface area (Å²) in [5.74, 6) is -0.264. The van der Waals surface area contributed by atoms with Crippen molar-refractivity contribution < 1.29 is 4.79 Å². The minimum absolute atomic E-state index is 0.264. The number of likely N-dealkylation sites (N-methyl/N-ethyl adjacent to an activating group) is 1. The topological polar surface area (TPSA) is 55.1 Å². The average Bonchev–Trinajstić information content (AvgIpc) is 2.64. The molecule has 1 unspecified atom stereocenters. The number of amides is 1. The van der Waals surface area contributed by atoms with E-state index in [4.69, 9.17) is 5.73 Å². The molecule has 0 spiro atoms. The molecule has 0 saturated heterocycles.